The molecule has 2 aromatic carbocycles. The van der Waals surface area contributed by atoms with Crippen LogP contribution in [-0.4, -0.2) is 11.7 Å². The molecule has 1 heterocycles. The maximum atomic E-state index is 10.8. The zero-order chi connectivity index (χ0) is 14.1. The maximum absolute atomic E-state index is 10.8. The fraction of sp³-hybridized carbons (Fsp3) is 0.333. The highest BCUT2D eigenvalue weighted by molar-refractivity contribution is 5.42. The molecule has 0 radical (unpaired) electrons. The molecule has 0 aliphatic carbocycles. The Balaban J connectivity index is 2.00. The summed E-state index contributed by atoms with van der Waals surface area (Å²) in [6, 6.07) is 14.2. The molecule has 0 amide bonds. The molecular weight excluding hydrogens is 248 g/mol. The molecule has 1 aliphatic heterocycles. The molecule has 1 aliphatic rings. The topological polar surface area (TPSA) is 29.5 Å². The Morgan fingerprint density at radius 3 is 2.75 bits per heavy atom. The number of hydrogen-bond donors (Lipinski definition) is 1. The summed E-state index contributed by atoms with van der Waals surface area (Å²) in [5.41, 5.74) is 4.56. The molecule has 104 valence electrons. The van der Waals surface area contributed by atoms with Crippen molar-refractivity contribution < 1.29 is 9.84 Å². The Bertz CT molecular complexity index is 619. The quantitative estimate of drug-likeness (QED) is 0.895. The first-order valence-corrected chi connectivity index (χ1v) is 7.14. The molecule has 2 nitrogen and oxygen atoms in total. The van der Waals surface area contributed by atoms with Crippen molar-refractivity contribution in [3.05, 3.63) is 64.7 Å². The van der Waals surface area contributed by atoms with Crippen LogP contribution in [0.2, 0.25) is 0 Å². The van der Waals surface area contributed by atoms with Crippen molar-refractivity contribution in [3.8, 4) is 5.75 Å². The summed E-state index contributed by atoms with van der Waals surface area (Å²) in [5, 5.41) is 10.8. The minimum absolute atomic E-state index is 0.112. The van der Waals surface area contributed by atoms with Gasteiger partial charge in [0.1, 0.15) is 5.75 Å². The van der Waals surface area contributed by atoms with Crippen LogP contribution in [0.15, 0.2) is 42.5 Å². The number of aliphatic hydroxyl groups excluding tert-OH is 1. The zero-order valence-electron chi connectivity index (χ0n) is 12.0. The average molecular weight is 268 g/mol. The number of aliphatic hydroxyl groups is 1. The third-order valence-corrected chi connectivity index (χ3v) is 4.35. The highest BCUT2D eigenvalue weighted by Crippen LogP contribution is 2.42. The number of benzene rings is 2. The molecule has 0 aromatic heterocycles. The molecule has 1 N–H and O–H groups in total. The van der Waals surface area contributed by atoms with E-state index in [9.17, 15) is 5.11 Å². The van der Waals surface area contributed by atoms with Crippen molar-refractivity contribution in [2.24, 2.45) is 0 Å². The summed E-state index contributed by atoms with van der Waals surface area (Å²) in [5.74, 6) is 1.02. The molecule has 2 atom stereocenters. The highest BCUT2D eigenvalue weighted by Gasteiger charge is 2.29. The standard InChI is InChI=1S/C18H20O2/c1-12-6-5-8-14(13(12)2)18(19)16-10-11-20-17-9-4-3-7-15(16)17/h3-9,16,18-19H,10-11H2,1-2H3. The van der Waals surface area contributed by atoms with Crippen molar-refractivity contribution in [1.29, 1.82) is 0 Å². The Kier molecular flexibility index (Phi) is 3.49. The van der Waals surface area contributed by atoms with Crippen LogP contribution in [0, 0.1) is 13.8 Å². The van der Waals surface area contributed by atoms with E-state index < -0.39 is 6.10 Å². The Hall–Kier alpha value is -1.80. The maximum Gasteiger partial charge on any atom is 0.122 e. The molecule has 3 rings (SSSR count). The molecule has 2 unspecified atom stereocenters. The van der Waals surface area contributed by atoms with E-state index in [1.165, 1.54) is 11.1 Å². The van der Waals surface area contributed by atoms with Gasteiger partial charge in [0.2, 0.25) is 0 Å². The highest BCUT2D eigenvalue weighted by atomic mass is 16.5. The van der Waals surface area contributed by atoms with Gasteiger partial charge in [0.05, 0.1) is 12.7 Å². The van der Waals surface area contributed by atoms with Gasteiger partial charge in [-0.3, -0.25) is 0 Å². The zero-order valence-corrected chi connectivity index (χ0v) is 12.0. The van der Waals surface area contributed by atoms with Crippen molar-refractivity contribution in [2.45, 2.75) is 32.3 Å². The van der Waals surface area contributed by atoms with Gasteiger partial charge in [-0.2, -0.15) is 0 Å². The smallest absolute Gasteiger partial charge is 0.122 e. The fourth-order valence-corrected chi connectivity index (χ4v) is 3.01. The van der Waals surface area contributed by atoms with Crippen molar-refractivity contribution in [1.82, 2.24) is 0 Å². The molecule has 0 spiro atoms. The average Bonchev–Trinajstić information content (AvgIpc) is 2.49. The van der Waals surface area contributed by atoms with E-state index >= 15 is 0 Å². The number of aryl methyl sites for hydroxylation is 1. The summed E-state index contributed by atoms with van der Waals surface area (Å²) in [6.45, 7) is 4.84. The van der Waals surface area contributed by atoms with Gasteiger partial charge >= 0.3 is 0 Å². The third-order valence-electron chi connectivity index (χ3n) is 4.35. The van der Waals surface area contributed by atoms with Gasteiger partial charge in [0.15, 0.2) is 0 Å². The molecule has 2 heteroatoms. The minimum Gasteiger partial charge on any atom is -0.493 e. The van der Waals surface area contributed by atoms with Gasteiger partial charge in [-0.25, -0.2) is 0 Å². The minimum atomic E-state index is -0.472. The van der Waals surface area contributed by atoms with E-state index in [1.54, 1.807) is 0 Å². The normalized spacial score (nSPS) is 19.1. The lowest BCUT2D eigenvalue weighted by atomic mass is 9.83. The van der Waals surface area contributed by atoms with Crippen molar-refractivity contribution >= 4 is 0 Å². The summed E-state index contributed by atoms with van der Waals surface area (Å²) in [4.78, 5) is 0. The number of hydrogen-bond acceptors (Lipinski definition) is 2. The molecular formula is C18H20O2. The number of ether oxygens (including phenoxy) is 1. The Labute approximate surface area is 120 Å². The van der Waals surface area contributed by atoms with Gasteiger partial charge < -0.3 is 9.84 Å². The fourth-order valence-electron chi connectivity index (χ4n) is 3.01. The summed E-state index contributed by atoms with van der Waals surface area (Å²) in [7, 11) is 0. The first-order valence-electron chi connectivity index (χ1n) is 7.14. The van der Waals surface area contributed by atoms with Gasteiger partial charge in [-0.05, 0) is 43.0 Å². The van der Waals surface area contributed by atoms with Crippen LogP contribution < -0.4 is 4.74 Å². The second-order valence-corrected chi connectivity index (χ2v) is 5.52. The molecule has 0 saturated heterocycles. The van der Waals surface area contributed by atoms with Crippen LogP contribution in [0.3, 0.4) is 0 Å². The predicted molar refractivity (Wildman–Crippen MR) is 80.2 cm³/mol. The van der Waals surface area contributed by atoms with Crippen LogP contribution >= 0.6 is 0 Å². The van der Waals surface area contributed by atoms with Gasteiger partial charge in [0.25, 0.3) is 0 Å². The van der Waals surface area contributed by atoms with E-state index in [4.69, 9.17) is 4.74 Å². The third kappa shape index (κ3) is 2.20. The molecule has 0 saturated carbocycles. The van der Waals surface area contributed by atoms with Crippen molar-refractivity contribution in [3.63, 3.8) is 0 Å². The Morgan fingerprint density at radius 1 is 1.10 bits per heavy atom. The summed E-state index contributed by atoms with van der Waals surface area (Å²) in [6.07, 6.45) is 0.380. The van der Waals surface area contributed by atoms with Crippen molar-refractivity contribution in [2.75, 3.05) is 6.61 Å². The lowest BCUT2D eigenvalue weighted by molar-refractivity contribution is 0.117. The van der Waals surface area contributed by atoms with E-state index in [2.05, 4.69) is 26.0 Å². The predicted octanol–water partition coefficient (Wildman–Crippen LogP) is 3.90. The summed E-state index contributed by atoms with van der Waals surface area (Å²) >= 11 is 0. The van der Waals surface area contributed by atoms with Gasteiger partial charge in [-0.1, -0.05) is 36.4 Å². The van der Waals surface area contributed by atoms with E-state index in [0.29, 0.717) is 6.61 Å². The van der Waals surface area contributed by atoms with Gasteiger partial charge in [-0.15, -0.1) is 0 Å². The SMILES string of the molecule is Cc1cccc(C(O)C2CCOc3ccccc32)c1C. The number of fused-ring (bicyclic) bond motifs is 1. The van der Waals surface area contributed by atoms with E-state index in [0.717, 1.165) is 23.3 Å². The lowest BCUT2D eigenvalue weighted by Gasteiger charge is -2.30. The largest absolute Gasteiger partial charge is 0.493 e. The lowest BCUT2D eigenvalue weighted by Crippen LogP contribution is -2.20. The van der Waals surface area contributed by atoms with Crippen LogP contribution in [0.25, 0.3) is 0 Å². The number of para-hydroxylation sites is 1. The van der Waals surface area contributed by atoms with Crippen LogP contribution in [-0.2, 0) is 0 Å². The first kappa shape index (κ1) is 13.2. The van der Waals surface area contributed by atoms with Crippen LogP contribution in [0.4, 0.5) is 0 Å². The molecule has 2 aromatic rings. The number of rotatable bonds is 2. The van der Waals surface area contributed by atoms with E-state index in [-0.39, 0.29) is 5.92 Å². The second-order valence-electron chi connectivity index (χ2n) is 5.52. The summed E-state index contributed by atoms with van der Waals surface area (Å²) < 4.78 is 5.68. The molecule has 20 heavy (non-hydrogen) atoms. The monoisotopic (exact) mass is 268 g/mol. The molecule has 0 bridgehead atoms. The second kappa shape index (κ2) is 5.29. The van der Waals surface area contributed by atoms with Crippen LogP contribution in [0.1, 0.15) is 40.7 Å². The Morgan fingerprint density at radius 2 is 1.90 bits per heavy atom. The van der Waals surface area contributed by atoms with E-state index in [1.807, 2.05) is 30.3 Å². The van der Waals surface area contributed by atoms with Gasteiger partial charge in [0, 0.05) is 11.5 Å². The molecule has 0 fully saturated rings. The van der Waals surface area contributed by atoms with Crippen LogP contribution in [0.5, 0.6) is 5.75 Å². The first-order chi connectivity index (χ1) is 9.68.